The van der Waals surface area contributed by atoms with Gasteiger partial charge in [0.05, 0.1) is 0 Å². The minimum absolute atomic E-state index is 0.427. The first-order valence-corrected chi connectivity index (χ1v) is 14.6. The van der Waals surface area contributed by atoms with E-state index in [0.717, 1.165) is 13.1 Å². The first-order valence-electron chi connectivity index (χ1n) is 14.6. The summed E-state index contributed by atoms with van der Waals surface area (Å²) in [5.41, 5.74) is 5.79. The van der Waals surface area contributed by atoms with Crippen LogP contribution < -0.4 is 0 Å². The summed E-state index contributed by atoms with van der Waals surface area (Å²) in [6.07, 6.45) is 5.13. The maximum absolute atomic E-state index is 2.81. The van der Waals surface area contributed by atoms with Gasteiger partial charge in [-0.05, 0) is 61.0 Å². The van der Waals surface area contributed by atoms with Crippen LogP contribution in [0.3, 0.4) is 0 Å². The summed E-state index contributed by atoms with van der Waals surface area (Å²) in [4.78, 5) is 5.61. The monoisotopic (exact) mass is 500 g/mol. The molecule has 0 unspecified atom stereocenters. The molecule has 4 aromatic rings. The minimum Gasteiger partial charge on any atom is -0.298 e. The Hall–Kier alpha value is -3.20. The fourth-order valence-corrected chi connectivity index (χ4v) is 7.19. The molecule has 0 radical (unpaired) electrons. The Morgan fingerprint density at radius 1 is 0.447 bits per heavy atom. The van der Waals surface area contributed by atoms with Crippen LogP contribution in [0.15, 0.2) is 121 Å². The van der Waals surface area contributed by atoms with Crippen molar-refractivity contribution in [3.8, 4) is 0 Å². The van der Waals surface area contributed by atoms with Gasteiger partial charge >= 0.3 is 0 Å². The van der Waals surface area contributed by atoms with Crippen LogP contribution in [-0.2, 0) is 0 Å². The normalized spacial score (nSPS) is 20.5. The summed E-state index contributed by atoms with van der Waals surface area (Å²) in [6, 6.07) is 45.9. The van der Waals surface area contributed by atoms with Crippen molar-refractivity contribution < 1.29 is 0 Å². The predicted octanol–water partition coefficient (Wildman–Crippen LogP) is 7.58. The van der Waals surface area contributed by atoms with Crippen molar-refractivity contribution in [1.29, 1.82) is 0 Å². The molecule has 2 saturated heterocycles. The topological polar surface area (TPSA) is 6.48 Å². The molecule has 38 heavy (non-hydrogen) atoms. The molecule has 2 atom stereocenters. The lowest BCUT2D eigenvalue weighted by atomic mass is 9.83. The zero-order chi connectivity index (χ0) is 25.6. The lowest BCUT2D eigenvalue weighted by molar-refractivity contribution is 0.170. The van der Waals surface area contributed by atoms with Gasteiger partial charge in [-0.15, -0.1) is 0 Å². The molecule has 0 amide bonds. The van der Waals surface area contributed by atoms with Gasteiger partial charge in [0.2, 0.25) is 0 Å². The Balaban J connectivity index is 1.22. The number of hydrogen-bond acceptors (Lipinski definition) is 2. The molecule has 2 aliphatic rings. The Kier molecular flexibility index (Phi) is 8.00. The van der Waals surface area contributed by atoms with Crippen LogP contribution in [0.5, 0.6) is 0 Å². The molecule has 0 N–H and O–H groups in total. The number of rotatable bonds is 9. The van der Waals surface area contributed by atoms with E-state index in [1.54, 1.807) is 0 Å². The van der Waals surface area contributed by atoms with Gasteiger partial charge < -0.3 is 0 Å². The molecule has 0 aliphatic carbocycles. The summed E-state index contributed by atoms with van der Waals surface area (Å²) in [5.74, 6) is 0.853. The van der Waals surface area contributed by atoms with Gasteiger partial charge in [-0.25, -0.2) is 0 Å². The van der Waals surface area contributed by atoms with Crippen LogP contribution in [-0.4, -0.2) is 48.1 Å². The van der Waals surface area contributed by atoms with Crippen LogP contribution >= 0.6 is 0 Å². The van der Waals surface area contributed by atoms with Gasteiger partial charge in [0.25, 0.3) is 0 Å². The molecule has 2 nitrogen and oxygen atoms in total. The van der Waals surface area contributed by atoms with Gasteiger partial charge in [-0.1, -0.05) is 121 Å². The predicted molar refractivity (Wildman–Crippen MR) is 159 cm³/mol. The van der Waals surface area contributed by atoms with Gasteiger partial charge in [0.1, 0.15) is 0 Å². The van der Waals surface area contributed by atoms with E-state index in [1.165, 1.54) is 61.0 Å². The largest absolute Gasteiger partial charge is 0.298 e. The van der Waals surface area contributed by atoms with E-state index in [4.69, 9.17) is 0 Å². The molecule has 2 heterocycles. The van der Waals surface area contributed by atoms with Gasteiger partial charge in [0.15, 0.2) is 0 Å². The molecule has 0 aromatic heterocycles. The van der Waals surface area contributed by atoms with E-state index in [9.17, 15) is 0 Å². The van der Waals surface area contributed by atoms with E-state index in [-0.39, 0.29) is 0 Å². The summed E-state index contributed by atoms with van der Waals surface area (Å²) < 4.78 is 0. The Morgan fingerprint density at radius 3 is 1.03 bits per heavy atom. The van der Waals surface area contributed by atoms with Crippen LogP contribution in [0.1, 0.15) is 59.8 Å². The standard InChI is InChI=1S/C36H40N2/c1-5-15-29(16-6-1)35(30-17-7-2-8-18-30)33-23-13-25-37(33)27-28-38-26-14-24-34(38)36(31-19-9-3-10-20-31)32-21-11-4-12-22-32/h1-12,15-22,33-36H,13-14,23-28H2/t33-,34-/m0/s1. The first kappa shape index (κ1) is 25.1. The molecule has 0 saturated carbocycles. The minimum atomic E-state index is 0.427. The molecule has 4 aromatic carbocycles. The SMILES string of the molecule is c1ccc(C(c2ccccc2)[C@@H]2CCCN2CCN2CCC[C@H]2C(c2ccccc2)c2ccccc2)cc1. The highest BCUT2D eigenvalue weighted by molar-refractivity contribution is 5.36. The molecule has 6 rings (SSSR count). The van der Waals surface area contributed by atoms with Crippen molar-refractivity contribution in [1.82, 2.24) is 9.80 Å². The zero-order valence-electron chi connectivity index (χ0n) is 22.4. The van der Waals surface area contributed by atoms with E-state index in [2.05, 4.69) is 131 Å². The second-order valence-corrected chi connectivity index (χ2v) is 11.1. The van der Waals surface area contributed by atoms with Crippen molar-refractivity contribution in [3.63, 3.8) is 0 Å². The average molecular weight is 501 g/mol. The average Bonchev–Trinajstić information content (AvgIpc) is 3.64. The molecule has 2 aliphatic heterocycles. The van der Waals surface area contributed by atoms with Crippen molar-refractivity contribution in [2.45, 2.75) is 49.6 Å². The first-order chi connectivity index (χ1) is 18.9. The summed E-state index contributed by atoms with van der Waals surface area (Å²) in [6.45, 7) is 4.71. The van der Waals surface area contributed by atoms with Crippen LogP contribution in [0.4, 0.5) is 0 Å². The fourth-order valence-electron chi connectivity index (χ4n) is 7.19. The highest BCUT2D eigenvalue weighted by Gasteiger charge is 2.36. The Bertz CT molecular complexity index is 1060. The molecule has 2 heteroatoms. The van der Waals surface area contributed by atoms with Crippen molar-refractivity contribution in [2.75, 3.05) is 26.2 Å². The third-order valence-electron chi connectivity index (χ3n) is 8.91. The van der Waals surface area contributed by atoms with E-state index in [0.29, 0.717) is 23.9 Å². The number of nitrogens with zero attached hydrogens (tertiary/aromatic N) is 2. The Morgan fingerprint density at radius 2 is 0.737 bits per heavy atom. The summed E-state index contributed by atoms with van der Waals surface area (Å²) in [7, 11) is 0. The van der Waals surface area contributed by atoms with Gasteiger partial charge in [-0.3, -0.25) is 9.80 Å². The lowest BCUT2D eigenvalue weighted by Gasteiger charge is -2.36. The maximum Gasteiger partial charge on any atom is 0.0245 e. The van der Waals surface area contributed by atoms with Crippen LogP contribution in [0.2, 0.25) is 0 Å². The summed E-state index contributed by atoms with van der Waals surface area (Å²) in [5, 5.41) is 0. The fraction of sp³-hybridized carbons (Fsp3) is 0.333. The molecule has 0 bridgehead atoms. The van der Waals surface area contributed by atoms with Crippen molar-refractivity contribution in [3.05, 3.63) is 144 Å². The van der Waals surface area contributed by atoms with Crippen LogP contribution in [0.25, 0.3) is 0 Å². The van der Waals surface area contributed by atoms with E-state index < -0.39 is 0 Å². The van der Waals surface area contributed by atoms with E-state index in [1.807, 2.05) is 0 Å². The highest BCUT2D eigenvalue weighted by atomic mass is 15.2. The highest BCUT2D eigenvalue weighted by Crippen LogP contribution is 2.38. The third-order valence-corrected chi connectivity index (χ3v) is 8.91. The molecular weight excluding hydrogens is 460 g/mol. The third kappa shape index (κ3) is 5.48. The second-order valence-electron chi connectivity index (χ2n) is 11.1. The maximum atomic E-state index is 2.81. The van der Waals surface area contributed by atoms with Crippen molar-refractivity contribution in [2.24, 2.45) is 0 Å². The smallest absolute Gasteiger partial charge is 0.0245 e. The number of benzene rings is 4. The van der Waals surface area contributed by atoms with Gasteiger partial charge in [-0.2, -0.15) is 0 Å². The quantitative estimate of drug-likeness (QED) is 0.234. The number of likely N-dealkylation sites (tertiary alicyclic amines) is 2. The molecule has 2 fully saturated rings. The molecular formula is C36H40N2. The zero-order valence-corrected chi connectivity index (χ0v) is 22.4. The second kappa shape index (κ2) is 12.1. The number of hydrogen-bond donors (Lipinski definition) is 0. The van der Waals surface area contributed by atoms with Crippen molar-refractivity contribution >= 4 is 0 Å². The summed E-state index contributed by atoms with van der Waals surface area (Å²) >= 11 is 0. The van der Waals surface area contributed by atoms with Crippen LogP contribution in [0, 0.1) is 0 Å². The molecule has 194 valence electrons. The Labute approximate surface area is 228 Å². The van der Waals surface area contributed by atoms with E-state index >= 15 is 0 Å². The lowest BCUT2D eigenvalue weighted by Crippen LogP contribution is -2.43. The van der Waals surface area contributed by atoms with Gasteiger partial charge in [0, 0.05) is 37.0 Å². The molecule has 0 spiro atoms.